The van der Waals surface area contributed by atoms with Gasteiger partial charge in [-0.25, -0.2) is 4.68 Å². The number of nitrogens with zero attached hydrogens (tertiary/aromatic N) is 2. The van der Waals surface area contributed by atoms with Gasteiger partial charge in [0.25, 0.3) is 5.91 Å². The van der Waals surface area contributed by atoms with Crippen LogP contribution in [0.3, 0.4) is 0 Å². The smallest absolute Gasteiger partial charge is 0.259 e. The Bertz CT molecular complexity index is 1150. The molecule has 2 heterocycles. The fourth-order valence-electron chi connectivity index (χ4n) is 4.20. The van der Waals surface area contributed by atoms with E-state index in [1.165, 1.54) is 11.1 Å². The predicted octanol–water partition coefficient (Wildman–Crippen LogP) is 5.60. The number of nitrogens with one attached hydrogen (secondary N) is 2. The number of benzene rings is 2. The molecule has 1 saturated heterocycles. The molecule has 2 N–H and O–H groups in total. The molecule has 6 nitrogen and oxygen atoms in total. The van der Waals surface area contributed by atoms with Crippen LogP contribution in [0.25, 0.3) is 5.69 Å². The monoisotopic (exact) mass is 488 g/mol. The first-order valence-electron chi connectivity index (χ1n) is 10.9. The van der Waals surface area contributed by atoms with Gasteiger partial charge in [-0.3, -0.25) is 4.79 Å². The highest BCUT2D eigenvalue weighted by molar-refractivity contribution is 6.31. The molecular weight excluding hydrogens is 459 g/mol. The van der Waals surface area contributed by atoms with Crippen LogP contribution >= 0.6 is 24.0 Å². The average molecular weight is 489 g/mol. The van der Waals surface area contributed by atoms with Crippen LogP contribution in [-0.2, 0) is 0 Å². The van der Waals surface area contributed by atoms with Gasteiger partial charge >= 0.3 is 0 Å². The highest BCUT2D eigenvalue weighted by atomic mass is 35.5. The van der Waals surface area contributed by atoms with Gasteiger partial charge in [-0.15, -0.1) is 12.4 Å². The second kappa shape index (κ2) is 10.6. The van der Waals surface area contributed by atoms with Gasteiger partial charge in [-0.2, -0.15) is 5.10 Å². The summed E-state index contributed by atoms with van der Waals surface area (Å²) < 4.78 is 7.37. The maximum atomic E-state index is 13.4. The van der Waals surface area contributed by atoms with Gasteiger partial charge in [-0.1, -0.05) is 17.7 Å². The van der Waals surface area contributed by atoms with Gasteiger partial charge in [0, 0.05) is 17.0 Å². The number of anilines is 1. The number of hydrogen-bond donors (Lipinski definition) is 2. The number of rotatable bonds is 5. The van der Waals surface area contributed by atoms with E-state index in [1.807, 2.05) is 17.7 Å². The van der Waals surface area contributed by atoms with Crippen LogP contribution in [0.4, 0.5) is 5.69 Å². The van der Waals surface area contributed by atoms with Gasteiger partial charge in [-0.05, 0) is 81.6 Å². The third-order valence-corrected chi connectivity index (χ3v) is 6.65. The molecule has 3 aromatic rings. The summed E-state index contributed by atoms with van der Waals surface area (Å²) in [5, 5.41) is 11.7. The zero-order chi connectivity index (χ0) is 22.8. The molecule has 1 fully saturated rings. The van der Waals surface area contributed by atoms with Crippen LogP contribution in [0.15, 0.2) is 36.5 Å². The van der Waals surface area contributed by atoms with E-state index in [1.54, 1.807) is 19.4 Å². The van der Waals surface area contributed by atoms with Crippen LogP contribution in [0.5, 0.6) is 5.75 Å². The number of carbonyl (C=O) groups excluding carboxylic acids is 1. The minimum Gasteiger partial charge on any atom is -0.495 e. The Balaban J connectivity index is 0.00000306. The fourth-order valence-corrected chi connectivity index (χ4v) is 4.36. The summed E-state index contributed by atoms with van der Waals surface area (Å²) >= 11 is 6.23. The number of hydrogen-bond acceptors (Lipinski definition) is 4. The molecule has 0 unspecified atom stereocenters. The van der Waals surface area contributed by atoms with Crippen LogP contribution in [0, 0.1) is 20.8 Å². The minimum atomic E-state index is -0.200. The summed E-state index contributed by atoms with van der Waals surface area (Å²) in [6.45, 7) is 7.93. The molecule has 1 aliphatic heterocycles. The first-order valence-corrected chi connectivity index (χ1v) is 11.3. The van der Waals surface area contributed by atoms with Gasteiger partial charge in [0.1, 0.15) is 5.75 Å². The summed E-state index contributed by atoms with van der Waals surface area (Å²) in [7, 11) is 1.56. The first-order chi connectivity index (χ1) is 15.4. The third kappa shape index (κ3) is 5.18. The lowest BCUT2D eigenvalue weighted by Crippen LogP contribution is -2.29. The summed E-state index contributed by atoms with van der Waals surface area (Å²) in [5.74, 6) is 0.572. The number of ether oxygens (including phenoxy) is 1. The largest absolute Gasteiger partial charge is 0.495 e. The van der Waals surface area contributed by atoms with E-state index in [4.69, 9.17) is 16.3 Å². The van der Waals surface area contributed by atoms with E-state index >= 15 is 0 Å². The molecular formula is C25H30Cl2N4O2. The van der Waals surface area contributed by atoms with Crippen molar-refractivity contribution < 1.29 is 9.53 Å². The van der Waals surface area contributed by atoms with Crippen molar-refractivity contribution in [3.63, 3.8) is 0 Å². The maximum absolute atomic E-state index is 13.4. The van der Waals surface area contributed by atoms with Gasteiger partial charge in [0.2, 0.25) is 0 Å². The van der Waals surface area contributed by atoms with E-state index in [0.29, 0.717) is 22.0 Å². The van der Waals surface area contributed by atoms with Crippen molar-refractivity contribution in [2.45, 2.75) is 39.5 Å². The number of piperidine rings is 1. The van der Waals surface area contributed by atoms with Crippen molar-refractivity contribution in [1.29, 1.82) is 0 Å². The normalized spacial score (nSPS) is 14.0. The fraction of sp³-hybridized carbons (Fsp3) is 0.360. The van der Waals surface area contributed by atoms with Crippen molar-refractivity contribution in [3.05, 3.63) is 69.5 Å². The van der Waals surface area contributed by atoms with Crippen molar-refractivity contribution in [1.82, 2.24) is 15.1 Å². The number of methoxy groups -OCH3 is 1. The standard InChI is InChI=1S/C25H29ClN4O2.ClH/c1-15-5-6-19(11-16(15)2)30-24(18-7-9-27-10-8-18)20(14-28-30)25(31)29-22-12-17(3)21(26)13-23(22)32-4;/h5-6,11-14,18,27H,7-10H2,1-4H3,(H,29,31);1H. The molecule has 1 aromatic heterocycles. The quantitative estimate of drug-likeness (QED) is 0.490. The number of amides is 1. The molecule has 2 aromatic carbocycles. The minimum absolute atomic E-state index is 0. The van der Waals surface area contributed by atoms with E-state index in [-0.39, 0.29) is 24.2 Å². The number of aromatic nitrogens is 2. The maximum Gasteiger partial charge on any atom is 0.259 e. The highest BCUT2D eigenvalue weighted by Crippen LogP contribution is 2.34. The van der Waals surface area contributed by atoms with Gasteiger partial charge in [0.05, 0.1) is 35.9 Å². The Morgan fingerprint density at radius 3 is 2.52 bits per heavy atom. The van der Waals surface area contributed by atoms with E-state index < -0.39 is 0 Å². The van der Waals surface area contributed by atoms with Crippen molar-refractivity contribution in [2.75, 3.05) is 25.5 Å². The predicted molar refractivity (Wildman–Crippen MR) is 136 cm³/mol. The molecule has 0 spiro atoms. The highest BCUT2D eigenvalue weighted by Gasteiger charge is 2.27. The molecule has 8 heteroatoms. The van der Waals surface area contributed by atoms with E-state index in [0.717, 1.165) is 42.9 Å². The lowest BCUT2D eigenvalue weighted by Gasteiger charge is -2.25. The molecule has 33 heavy (non-hydrogen) atoms. The zero-order valence-corrected chi connectivity index (χ0v) is 20.9. The van der Waals surface area contributed by atoms with Crippen molar-refractivity contribution >= 4 is 35.6 Å². The Morgan fingerprint density at radius 1 is 1.12 bits per heavy atom. The van der Waals surface area contributed by atoms with Crippen LogP contribution in [0.1, 0.15) is 51.5 Å². The third-order valence-electron chi connectivity index (χ3n) is 6.24. The van der Waals surface area contributed by atoms with Crippen LogP contribution < -0.4 is 15.4 Å². The topological polar surface area (TPSA) is 68.2 Å². The molecule has 0 radical (unpaired) electrons. The summed E-state index contributed by atoms with van der Waals surface area (Å²) in [4.78, 5) is 13.4. The molecule has 0 atom stereocenters. The second-order valence-electron chi connectivity index (χ2n) is 8.40. The molecule has 0 bridgehead atoms. The summed E-state index contributed by atoms with van der Waals surface area (Å²) in [5.41, 5.74) is 6.40. The second-order valence-corrected chi connectivity index (χ2v) is 8.81. The first kappa shape index (κ1) is 25.1. The zero-order valence-electron chi connectivity index (χ0n) is 19.4. The van der Waals surface area contributed by atoms with Crippen LogP contribution in [-0.4, -0.2) is 35.9 Å². The Hall–Kier alpha value is -2.54. The summed E-state index contributed by atoms with van der Waals surface area (Å²) in [6, 6.07) is 9.84. The van der Waals surface area contributed by atoms with Crippen molar-refractivity contribution in [3.8, 4) is 11.4 Å². The Kier molecular flexibility index (Phi) is 8.05. The molecule has 1 amide bonds. The lowest BCUT2D eigenvalue weighted by molar-refractivity contribution is 0.102. The Labute approximate surface area is 206 Å². The number of aryl methyl sites for hydroxylation is 3. The molecule has 4 rings (SSSR count). The molecule has 0 saturated carbocycles. The van der Waals surface area contributed by atoms with Gasteiger partial charge < -0.3 is 15.4 Å². The molecule has 1 aliphatic rings. The number of carbonyl (C=O) groups is 1. The SMILES string of the molecule is COc1cc(Cl)c(C)cc1NC(=O)c1cnn(-c2ccc(C)c(C)c2)c1C1CCNCC1.Cl. The van der Waals surface area contributed by atoms with E-state index in [9.17, 15) is 4.79 Å². The Morgan fingerprint density at radius 2 is 1.85 bits per heavy atom. The van der Waals surface area contributed by atoms with Gasteiger partial charge in [0.15, 0.2) is 0 Å². The van der Waals surface area contributed by atoms with Crippen molar-refractivity contribution in [2.24, 2.45) is 0 Å². The molecule has 176 valence electrons. The average Bonchev–Trinajstić information content (AvgIpc) is 3.24. The van der Waals surface area contributed by atoms with Crippen LogP contribution in [0.2, 0.25) is 5.02 Å². The lowest BCUT2D eigenvalue weighted by atomic mass is 9.91. The molecule has 0 aliphatic carbocycles. The number of halogens is 2. The van der Waals surface area contributed by atoms with E-state index in [2.05, 4.69) is 47.8 Å². The summed E-state index contributed by atoms with van der Waals surface area (Å²) in [6.07, 6.45) is 3.59.